The molecule has 0 heterocycles. The Hall–Kier alpha value is -1.00. The predicted molar refractivity (Wildman–Crippen MR) is 54.3 cm³/mol. The molecule has 4 heteroatoms. The van der Waals surface area contributed by atoms with E-state index in [2.05, 4.69) is 12.6 Å². The molecule has 0 aromatic heterocycles. The molecule has 0 amide bonds. The van der Waals surface area contributed by atoms with Gasteiger partial charge in [-0.2, -0.15) is 12.6 Å². The van der Waals surface area contributed by atoms with Crippen molar-refractivity contribution in [3.8, 4) is 5.75 Å². The average Bonchev–Trinajstić information content (AvgIpc) is 2.17. The lowest BCUT2D eigenvalue weighted by atomic mass is 10.1. The Balaban J connectivity index is 2.83. The summed E-state index contributed by atoms with van der Waals surface area (Å²) in [6, 6.07) is 5.42. The zero-order valence-corrected chi connectivity index (χ0v) is 7.87. The van der Waals surface area contributed by atoms with E-state index in [0.717, 1.165) is 0 Å². The van der Waals surface area contributed by atoms with Gasteiger partial charge >= 0.3 is 0 Å². The van der Waals surface area contributed by atoms with E-state index in [4.69, 9.17) is 10.8 Å². The summed E-state index contributed by atoms with van der Waals surface area (Å²) in [4.78, 5) is 11.4. The van der Waals surface area contributed by atoms with Gasteiger partial charge in [0.25, 0.3) is 0 Å². The van der Waals surface area contributed by atoms with Gasteiger partial charge < -0.3 is 10.8 Å². The lowest BCUT2D eigenvalue weighted by molar-refractivity contribution is 0.0970. The molecule has 3 N–H and O–H groups in total. The average molecular weight is 197 g/mol. The Bertz CT molecular complexity index is 297. The fraction of sp³-hybridized carbons (Fsp3) is 0.222. The fourth-order valence-electron chi connectivity index (χ4n) is 0.923. The topological polar surface area (TPSA) is 63.3 Å². The van der Waals surface area contributed by atoms with Crippen molar-refractivity contribution >= 4 is 18.4 Å². The quantitative estimate of drug-likeness (QED) is 0.497. The number of nitrogens with two attached hydrogens (primary N) is 1. The maximum absolute atomic E-state index is 11.4. The lowest BCUT2D eigenvalue weighted by Crippen LogP contribution is -2.32. The number of Topliss-reactive ketones (excluding diaryl/α,β-unsaturated/α-hetero) is 1. The molecule has 1 aromatic carbocycles. The molecule has 0 saturated heterocycles. The molecule has 0 saturated carbocycles. The van der Waals surface area contributed by atoms with Crippen molar-refractivity contribution in [1.82, 2.24) is 0 Å². The van der Waals surface area contributed by atoms with Crippen molar-refractivity contribution in [1.29, 1.82) is 0 Å². The Morgan fingerprint density at radius 3 is 2.46 bits per heavy atom. The number of carbonyl (C=O) groups excluding carboxylic acids is 1. The molecule has 0 spiro atoms. The second kappa shape index (κ2) is 4.30. The van der Waals surface area contributed by atoms with Gasteiger partial charge in [-0.3, -0.25) is 4.79 Å². The molecule has 0 bridgehead atoms. The highest BCUT2D eigenvalue weighted by atomic mass is 32.1. The van der Waals surface area contributed by atoms with Crippen molar-refractivity contribution in [3.05, 3.63) is 29.8 Å². The largest absolute Gasteiger partial charge is 0.508 e. The van der Waals surface area contributed by atoms with Gasteiger partial charge in [0, 0.05) is 11.3 Å². The minimum absolute atomic E-state index is 0.135. The van der Waals surface area contributed by atoms with Gasteiger partial charge in [-0.1, -0.05) is 0 Å². The molecular formula is C9H11NO2S. The van der Waals surface area contributed by atoms with Gasteiger partial charge in [0.2, 0.25) is 0 Å². The number of aromatic hydroxyl groups is 1. The molecule has 70 valence electrons. The molecule has 0 radical (unpaired) electrons. The van der Waals surface area contributed by atoms with Crippen LogP contribution in [-0.2, 0) is 0 Å². The summed E-state index contributed by atoms with van der Waals surface area (Å²) in [5, 5.41) is 8.98. The smallest absolute Gasteiger partial charge is 0.180 e. The predicted octanol–water partition coefficient (Wildman–Crippen LogP) is 0.832. The van der Waals surface area contributed by atoms with E-state index in [0.29, 0.717) is 11.3 Å². The van der Waals surface area contributed by atoms with E-state index in [-0.39, 0.29) is 11.5 Å². The van der Waals surface area contributed by atoms with Crippen LogP contribution in [0.2, 0.25) is 0 Å². The Morgan fingerprint density at radius 2 is 2.00 bits per heavy atom. The first kappa shape index (κ1) is 10.1. The van der Waals surface area contributed by atoms with E-state index < -0.39 is 6.04 Å². The summed E-state index contributed by atoms with van der Waals surface area (Å²) in [5.41, 5.74) is 6.00. The van der Waals surface area contributed by atoms with Gasteiger partial charge in [0.05, 0.1) is 6.04 Å². The summed E-state index contributed by atoms with van der Waals surface area (Å²) < 4.78 is 0. The molecule has 1 rings (SSSR count). The number of hydrogen-bond donors (Lipinski definition) is 3. The minimum Gasteiger partial charge on any atom is -0.508 e. The van der Waals surface area contributed by atoms with E-state index in [1.54, 1.807) is 12.1 Å². The first-order chi connectivity index (χ1) is 6.15. The van der Waals surface area contributed by atoms with Crippen LogP contribution >= 0.6 is 12.6 Å². The van der Waals surface area contributed by atoms with Crippen molar-refractivity contribution in [2.24, 2.45) is 5.73 Å². The molecule has 13 heavy (non-hydrogen) atoms. The number of rotatable bonds is 3. The first-order valence-corrected chi connectivity index (χ1v) is 4.48. The summed E-state index contributed by atoms with van der Waals surface area (Å²) in [5.74, 6) is 0.297. The van der Waals surface area contributed by atoms with Crippen molar-refractivity contribution in [2.45, 2.75) is 6.04 Å². The zero-order valence-electron chi connectivity index (χ0n) is 6.97. The van der Waals surface area contributed by atoms with Crippen molar-refractivity contribution in [3.63, 3.8) is 0 Å². The third-order valence-electron chi connectivity index (χ3n) is 1.69. The normalized spacial score (nSPS) is 12.5. The van der Waals surface area contributed by atoms with Gasteiger partial charge in [0.15, 0.2) is 5.78 Å². The standard InChI is InChI=1S/C9H11NO2S/c10-8(5-13)9(12)6-1-3-7(11)4-2-6/h1-4,8,11,13H,5,10H2/t8-/m1/s1. The molecule has 1 atom stereocenters. The van der Waals surface area contributed by atoms with Gasteiger partial charge in [-0.15, -0.1) is 0 Å². The molecule has 3 nitrogen and oxygen atoms in total. The number of carbonyl (C=O) groups is 1. The molecule has 1 aromatic rings. The van der Waals surface area contributed by atoms with E-state index in [9.17, 15) is 4.79 Å². The summed E-state index contributed by atoms with van der Waals surface area (Å²) in [6.07, 6.45) is 0. The Morgan fingerprint density at radius 1 is 1.46 bits per heavy atom. The van der Waals surface area contributed by atoms with Crippen LogP contribution in [0.5, 0.6) is 5.75 Å². The summed E-state index contributed by atoms with van der Waals surface area (Å²) in [6.45, 7) is 0. The number of benzene rings is 1. The van der Waals surface area contributed by atoms with Crippen LogP contribution in [0.4, 0.5) is 0 Å². The first-order valence-electron chi connectivity index (χ1n) is 3.85. The highest BCUT2D eigenvalue weighted by Crippen LogP contribution is 2.11. The number of phenolic OH excluding ortho intramolecular Hbond substituents is 1. The molecule has 0 fully saturated rings. The summed E-state index contributed by atoms with van der Waals surface area (Å²) in [7, 11) is 0. The number of phenols is 1. The van der Waals surface area contributed by atoms with Crippen LogP contribution in [0, 0.1) is 0 Å². The van der Waals surface area contributed by atoms with E-state index >= 15 is 0 Å². The third kappa shape index (κ3) is 2.47. The van der Waals surface area contributed by atoms with Crippen LogP contribution < -0.4 is 5.73 Å². The van der Waals surface area contributed by atoms with Crippen LogP contribution in [0.15, 0.2) is 24.3 Å². The minimum atomic E-state index is -0.576. The Kier molecular flexibility index (Phi) is 3.33. The molecule has 0 aliphatic rings. The molecular weight excluding hydrogens is 186 g/mol. The summed E-state index contributed by atoms with van der Waals surface area (Å²) >= 11 is 3.93. The number of thiol groups is 1. The van der Waals surface area contributed by atoms with Crippen LogP contribution in [0.1, 0.15) is 10.4 Å². The van der Waals surface area contributed by atoms with Gasteiger partial charge in [-0.25, -0.2) is 0 Å². The Labute approximate surface area is 82.0 Å². The van der Waals surface area contributed by atoms with Crippen molar-refractivity contribution in [2.75, 3.05) is 5.75 Å². The molecule has 0 aliphatic heterocycles. The highest BCUT2D eigenvalue weighted by Gasteiger charge is 2.13. The fourth-order valence-corrected chi connectivity index (χ4v) is 1.09. The van der Waals surface area contributed by atoms with Crippen molar-refractivity contribution < 1.29 is 9.90 Å². The van der Waals surface area contributed by atoms with Gasteiger partial charge in [0.1, 0.15) is 5.75 Å². The second-order valence-corrected chi connectivity index (χ2v) is 3.07. The zero-order chi connectivity index (χ0) is 9.84. The van der Waals surface area contributed by atoms with E-state index in [1.807, 2.05) is 0 Å². The van der Waals surface area contributed by atoms with Crippen LogP contribution in [-0.4, -0.2) is 22.7 Å². The SMILES string of the molecule is N[C@H](CS)C(=O)c1ccc(O)cc1. The highest BCUT2D eigenvalue weighted by molar-refractivity contribution is 7.80. The van der Waals surface area contributed by atoms with Crippen LogP contribution in [0.3, 0.4) is 0 Å². The van der Waals surface area contributed by atoms with Gasteiger partial charge in [-0.05, 0) is 24.3 Å². The van der Waals surface area contributed by atoms with E-state index in [1.165, 1.54) is 12.1 Å². The molecule has 0 aliphatic carbocycles. The monoisotopic (exact) mass is 197 g/mol. The number of hydrogen-bond acceptors (Lipinski definition) is 4. The second-order valence-electron chi connectivity index (χ2n) is 2.70. The number of ketones is 1. The molecule has 0 unspecified atom stereocenters. The third-order valence-corrected chi connectivity index (χ3v) is 2.08. The van der Waals surface area contributed by atoms with Crippen LogP contribution in [0.25, 0.3) is 0 Å². The lowest BCUT2D eigenvalue weighted by Gasteiger charge is -2.06. The maximum atomic E-state index is 11.4. The maximum Gasteiger partial charge on any atom is 0.180 e.